The van der Waals surface area contributed by atoms with Gasteiger partial charge < -0.3 is 4.74 Å². The molecule has 0 unspecified atom stereocenters. The molecule has 0 aliphatic carbocycles. The Morgan fingerprint density at radius 1 is 0.694 bits per heavy atom. The van der Waals surface area contributed by atoms with E-state index in [1.807, 2.05) is 6.08 Å². The molecule has 0 radical (unpaired) electrons. The Morgan fingerprint density at radius 3 is 1.81 bits per heavy atom. The van der Waals surface area contributed by atoms with E-state index < -0.39 is 0 Å². The fourth-order valence-corrected chi connectivity index (χ4v) is 4.96. The molecule has 0 N–H and O–H groups in total. The quantitative estimate of drug-likeness (QED) is 0.0986. The van der Waals surface area contributed by atoms with E-state index in [9.17, 15) is 4.79 Å². The molecule has 0 spiro atoms. The minimum Gasteiger partial charge on any atom is -0.463 e. The van der Waals surface area contributed by atoms with Gasteiger partial charge in [-0.1, -0.05) is 110 Å². The highest BCUT2D eigenvalue weighted by molar-refractivity contribution is 6.21. The van der Waals surface area contributed by atoms with Crippen LogP contribution in [0.15, 0.2) is 116 Å². The number of ether oxygens (including phenoxy) is 1. The third-order valence-corrected chi connectivity index (χ3v) is 6.58. The minimum absolute atomic E-state index is 0.375. The molecular weight excluding hydrogens is 440 g/mol. The highest BCUT2D eigenvalue weighted by atomic mass is 16.5. The zero-order valence-corrected chi connectivity index (χ0v) is 20.2. The number of aryl methyl sites for hydroxylation is 1. The molecule has 0 amide bonds. The van der Waals surface area contributed by atoms with Crippen molar-refractivity contribution >= 4 is 33.6 Å². The highest BCUT2D eigenvalue weighted by Crippen LogP contribution is 2.43. The number of hydrogen-bond acceptors (Lipinski definition) is 2. The molecule has 5 aromatic rings. The monoisotopic (exact) mass is 468 g/mol. The van der Waals surface area contributed by atoms with Crippen LogP contribution < -0.4 is 0 Å². The predicted octanol–water partition coefficient (Wildman–Crippen LogP) is 8.63. The van der Waals surface area contributed by atoms with E-state index in [-0.39, 0.29) is 5.97 Å². The first-order valence-corrected chi connectivity index (χ1v) is 12.2. The van der Waals surface area contributed by atoms with Gasteiger partial charge in [0.25, 0.3) is 0 Å². The molecule has 0 fully saturated rings. The van der Waals surface area contributed by atoms with Crippen molar-refractivity contribution in [2.45, 2.75) is 12.8 Å². The lowest BCUT2D eigenvalue weighted by Gasteiger charge is -2.18. The van der Waals surface area contributed by atoms with Gasteiger partial charge in [-0.15, -0.1) is 0 Å². The normalized spacial score (nSPS) is 10.9. The topological polar surface area (TPSA) is 26.3 Å². The molecule has 0 saturated carbocycles. The maximum absolute atomic E-state index is 11.3. The standard InChI is InChI=1S/C34H28O2/c1-3-24-12-9-15-26(22-24)33-28-17-5-7-19-30(28)34(31-20-8-6-18-29(31)33)27-16-10-13-25(23-27)14-11-21-36-32(35)4-2/h3-10,12-13,15-20,22-23H,1-2,11,14,21H2. The van der Waals surface area contributed by atoms with Gasteiger partial charge in [-0.3, -0.25) is 0 Å². The summed E-state index contributed by atoms with van der Waals surface area (Å²) in [5, 5.41) is 4.92. The van der Waals surface area contributed by atoms with Crippen molar-refractivity contribution in [2.24, 2.45) is 0 Å². The van der Waals surface area contributed by atoms with Gasteiger partial charge in [0.1, 0.15) is 0 Å². The van der Waals surface area contributed by atoms with Crippen molar-refractivity contribution in [3.05, 3.63) is 127 Å². The van der Waals surface area contributed by atoms with Crippen LogP contribution >= 0.6 is 0 Å². The van der Waals surface area contributed by atoms with Crippen LogP contribution in [0.1, 0.15) is 17.5 Å². The molecule has 0 saturated heterocycles. The molecule has 36 heavy (non-hydrogen) atoms. The zero-order chi connectivity index (χ0) is 24.9. The van der Waals surface area contributed by atoms with E-state index >= 15 is 0 Å². The van der Waals surface area contributed by atoms with Gasteiger partial charge in [0, 0.05) is 6.08 Å². The highest BCUT2D eigenvalue weighted by Gasteiger charge is 2.16. The SMILES string of the molecule is C=CC(=O)OCCCc1cccc(-c2c3ccccc3c(-c3cccc(C=C)c3)c3ccccc23)c1. The van der Waals surface area contributed by atoms with Crippen molar-refractivity contribution in [3.63, 3.8) is 0 Å². The number of carbonyl (C=O) groups is 1. The molecule has 0 aliphatic rings. The summed E-state index contributed by atoms with van der Waals surface area (Å²) in [6, 6.07) is 34.6. The van der Waals surface area contributed by atoms with Crippen LogP contribution in [0.3, 0.4) is 0 Å². The Balaban J connectivity index is 1.66. The first kappa shape index (κ1) is 23.3. The van der Waals surface area contributed by atoms with Crippen molar-refractivity contribution in [3.8, 4) is 22.3 Å². The Kier molecular flexibility index (Phi) is 6.77. The minimum atomic E-state index is -0.375. The number of hydrogen-bond donors (Lipinski definition) is 0. The van der Waals surface area contributed by atoms with E-state index in [4.69, 9.17) is 4.74 Å². The fraction of sp³-hybridized carbons (Fsp3) is 0.0882. The lowest BCUT2D eigenvalue weighted by molar-refractivity contribution is -0.137. The third-order valence-electron chi connectivity index (χ3n) is 6.58. The first-order chi connectivity index (χ1) is 17.7. The summed E-state index contributed by atoms with van der Waals surface area (Å²) >= 11 is 0. The zero-order valence-electron chi connectivity index (χ0n) is 20.2. The van der Waals surface area contributed by atoms with Gasteiger partial charge in [0.05, 0.1) is 6.61 Å². The van der Waals surface area contributed by atoms with Crippen LogP contribution in [0.5, 0.6) is 0 Å². The summed E-state index contributed by atoms with van der Waals surface area (Å²) < 4.78 is 5.15. The molecular formula is C34H28O2. The van der Waals surface area contributed by atoms with E-state index in [0.717, 1.165) is 18.4 Å². The van der Waals surface area contributed by atoms with Crippen LogP contribution in [0.4, 0.5) is 0 Å². The second kappa shape index (κ2) is 10.5. The number of carbonyl (C=O) groups excluding carboxylic acids is 1. The summed E-state index contributed by atoms with van der Waals surface area (Å²) in [5.74, 6) is -0.375. The van der Waals surface area contributed by atoms with Crippen molar-refractivity contribution < 1.29 is 9.53 Å². The average Bonchev–Trinajstić information content (AvgIpc) is 2.94. The summed E-state index contributed by atoms with van der Waals surface area (Å²) in [7, 11) is 0. The summed E-state index contributed by atoms with van der Waals surface area (Å²) in [6.45, 7) is 7.80. The molecule has 5 aromatic carbocycles. The Hall–Kier alpha value is -4.43. The number of benzene rings is 5. The van der Waals surface area contributed by atoms with E-state index in [1.165, 1.54) is 55.4 Å². The van der Waals surface area contributed by atoms with Crippen LogP contribution in [0.25, 0.3) is 49.9 Å². The molecule has 0 bridgehead atoms. The van der Waals surface area contributed by atoms with Gasteiger partial charge in [-0.25, -0.2) is 4.79 Å². The van der Waals surface area contributed by atoms with Crippen LogP contribution in [-0.4, -0.2) is 12.6 Å². The van der Waals surface area contributed by atoms with Gasteiger partial charge in [0.15, 0.2) is 0 Å². The van der Waals surface area contributed by atoms with E-state index in [1.54, 1.807) is 0 Å². The largest absolute Gasteiger partial charge is 0.463 e. The third kappa shape index (κ3) is 4.58. The Bertz CT molecular complexity index is 1540. The Morgan fingerprint density at radius 2 is 1.25 bits per heavy atom. The number of fused-ring (bicyclic) bond motifs is 2. The summed E-state index contributed by atoms with van der Waals surface area (Å²) in [6.07, 6.45) is 4.70. The van der Waals surface area contributed by atoms with E-state index in [2.05, 4.69) is 110 Å². The predicted molar refractivity (Wildman–Crippen MR) is 152 cm³/mol. The second-order valence-electron chi connectivity index (χ2n) is 8.85. The lowest BCUT2D eigenvalue weighted by Crippen LogP contribution is -2.02. The summed E-state index contributed by atoms with van der Waals surface area (Å²) in [5.41, 5.74) is 7.19. The fourth-order valence-electron chi connectivity index (χ4n) is 4.96. The van der Waals surface area contributed by atoms with Gasteiger partial charge in [-0.05, 0) is 73.8 Å². The molecule has 0 aliphatic heterocycles. The molecule has 176 valence electrons. The van der Waals surface area contributed by atoms with Crippen LogP contribution in [0.2, 0.25) is 0 Å². The van der Waals surface area contributed by atoms with Crippen molar-refractivity contribution in [2.75, 3.05) is 6.61 Å². The average molecular weight is 469 g/mol. The number of rotatable bonds is 8. The molecule has 0 aromatic heterocycles. The van der Waals surface area contributed by atoms with Crippen LogP contribution in [-0.2, 0) is 16.0 Å². The Labute approximate surface area is 212 Å². The molecule has 0 atom stereocenters. The first-order valence-electron chi connectivity index (χ1n) is 12.2. The number of esters is 1. The van der Waals surface area contributed by atoms with Gasteiger partial charge in [0.2, 0.25) is 0 Å². The molecule has 5 rings (SSSR count). The van der Waals surface area contributed by atoms with E-state index in [0.29, 0.717) is 6.61 Å². The lowest BCUT2D eigenvalue weighted by atomic mass is 9.85. The molecule has 2 heteroatoms. The maximum atomic E-state index is 11.3. The van der Waals surface area contributed by atoms with Crippen LogP contribution in [0, 0.1) is 0 Å². The van der Waals surface area contributed by atoms with Crippen molar-refractivity contribution in [1.29, 1.82) is 0 Å². The van der Waals surface area contributed by atoms with Gasteiger partial charge in [-0.2, -0.15) is 0 Å². The smallest absolute Gasteiger partial charge is 0.330 e. The van der Waals surface area contributed by atoms with Gasteiger partial charge >= 0.3 is 5.97 Å². The maximum Gasteiger partial charge on any atom is 0.330 e. The summed E-state index contributed by atoms with van der Waals surface area (Å²) in [4.78, 5) is 11.3. The molecule has 2 nitrogen and oxygen atoms in total. The second-order valence-corrected chi connectivity index (χ2v) is 8.85. The van der Waals surface area contributed by atoms with Crippen molar-refractivity contribution in [1.82, 2.24) is 0 Å². The molecule has 0 heterocycles.